The van der Waals surface area contributed by atoms with E-state index in [1.165, 1.54) is 6.92 Å². The maximum absolute atomic E-state index is 11.2. The number of hydrogen-bond acceptors (Lipinski definition) is 6. The third-order valence-electron chi connectivity index (χ3n) is 1.46. The predicted molar refractivity (Wildman–Crippen MR) is 46.3 cm³/mol. The highest BCUT2D eigenvalue weighted by Crippen LogP contribution is 2.16. The molecule has 0 aliphatic heterocycles. The van der Waals surface area contributed by atoms with Gasteiger partial charge in [-0.2, -0.15) is 0 Å². The van der Waals surface area contributed by atoms with E-state index in [9.17, 15) is 19.7 Å². The lowest BCUT2D eigenvalue weighted by molar-refractivity contribution is -0.402. The average molecular weight is 213 g/mol. The summed E-state index contributed by atoms with van der Waals surface area (Å²) in [6.07, 6.45) is 0. The van der Waals surface area contributed by atoms with Gasteiger partial charge in [-0.15, -0.1) is 0 Å². The van der Waals surface area contributed by atoms with Crippen LogP contribution in [-0.2, 0) is 9.53 Å². The fourth-order valence-corrected chi connectivity index (χ4v) is 0.845. The van der Waals surface area contributed by atoms with E-state index in [-0.39, 0.29) is 6.61 Å². The van der Waals surface area contributed by atoms with Gasteiger partial charge < -0.3 is 9.15 Å². The van der Waals surface area contributed by atoms with Crippen LogP contribution in [0.25, 0.3) is 0 Å². The summed E-state index contributed by atoms with van der Waals surface area (Å²) >= 11 is 0. The maximum Gasteiger partial charge on any atom is 0.433 e. The van der Waals surface area contributed by atoms with Crippen molar-refractivity contribution in [3.8, 4) is 0 Å². The monoisotopic (exact) mass is 213 g/mol. The van der Waals surface area contributed by atoms with E-state index in [1.54, 1.807) is 0 Å². The van der Waals surface area contributed by atoms with Gasteiger partial charge in [0, 0.05) is 0 Å². The van der Waals surface area contributed by atoms with Crippen LogP contribution in [0.4, 0.5) is 5.88 Å². The molecule has 7 nitrogen and oxygen atoms in total. The first kappa shape index (κ1) is 10.9. The second kappa shape index (κ2) is 4.36. The molecule has 0 spiro atoms. The van der Waals surface area contributed by atoms with Gasteiger partial charge >= 0.3 is 17.6 Å². The molecule has 0 unspecified atom stereocenters. The van der Waals surface area contributed by atoms with Crippen LogP contribution < -0.4 is 0 Å². The molecule has 0 saturated heterocycles. The van der Waals surface area contributed by atoms with Crippen LogP contribution in [0.5, 0.6) is 0 Å². The van der Waals surface area contributed by atoms with Crippen molar-refractivity contribution in [2.24, 2.45) is 0 Å². The fourth-order valence-electron chi connectivity index (χ4n) is 0.845. The molecular formula is C8H7NO6. The van der Waals surface area contributed by atoms with E-state index >= 15 is 0 Å². The number of nitrogens with zero attached hydrogens (tertiary/aromatic N) is 1. The molecule has 1 rings (SSSR count). The van der Waals surface area contributed by atoms with Crippen LogP contribution in [0.1, 0.15) is 17.5 Å². The molecule has 0 amide bonds. The number of carbonyl (C=O) groups excluding carboxylic acids is 2. The Kier molecular flexibility index (Phi) is 3.17. The Bertz CT molecular complexity index is 407. The molecular weight excluding hydrogens is 206 g/mol. The summed E-state index contributed by atoms with van der Waals surface area (Å²) in [7, 11) is 0. The van der Waals surface area contributed by atoms with E-state index in [2.05, 4.69) is 9.15 Å². The van der Waals surface area contributed by atoms with E-state index in [0.29, 0.717) is 0 Å². The zero-order valence-electron chi connectivity index (χ0n) is 7.76. The molecule has 80 valence electrons. The Morgan fingerprint density at radius 3 is 2.67 bits per heavy atom. The summed E-state index contributed by atoms with van der Waals surface area (Å²) in [4.78, 5) is 31.5. The lowest BCUT2D eigenvalue weighted by Gasteiger charge is -1.96. The normalized spacial score (nSPS) is 9.67. The first-order valence-electron chi connectivity index (χ1n) is 4.02. The summed E-state index contributed by atoms with van der Waals surface area (Å²) in [6.45, 7) is 1.59. The first-order valence-corrected chi connectivity index (χ1v) is 4.02. The SMILES string of the molecule is CCOC(=O)C(=O)c1ccc([N+](=O)[O-])o1. The maximum atomic E-state index is 11.2. The molecule has 1 aromatic rings. The number of hydrogen-bond donors (Lipinski definition) is 0. The summed E-state index contributed by atoms with van der Waals surface area (Å²) < 4.78 is 8.93. The van der Waals surface area contributed by atoms with Crippen LogP contribution in [0, 0.1) is 10.1 Å². The van der Waals surface area contributed by atoms with Crippen LogP contribution in [-0.4, -0.2) is 23.3 Å². The molecule has 7 heteroatoms. The molecule has 0 aliphatic rings. The molecule has 0 fully saturated rings. The zero-order valence-corrected chi connectivity index (χ0v) is 7.76. The second-order valence-corrected chi connectivity index (χ2v) is 2.44. The Morgan fingerprint density at radius 1 is 1.53 bits per heavy atom. The standard InChI is InChI=1S/C8H7NO6/c1-2-14-8(11)7(10)5-3-4-6(15-5)9(12)13/h3-4H,2H2,1H3. The van der Waals surface area contributed by atoms with E-state index < -0.39 is 28.3 Å². The Balaban J connectivity index is 2.83. The third kappa shape index (κ3) is 2.39. The Labute approximate surface area is 83.8 Å². The third-order valence-corrected chi connectivity index (χ3v) is 1.46. The minimum absolute atomic E-state index is 0.0490. The molecule has 0 radical (unpaired) electrons. The van der Waals surface area contributed by atoms with E-state index in [4.69, 9.17) is 0 Å². The Morgan fingerprint density at radius 2 is 2.20 bits per heavy atom. The van der Waals surface area contributed by atoms with Crippen LogP contribution in [0.15, 0.2) is 16.5 Å². The molecule has 1 heterocycles. The van der Waals surface area contributed by atoms with Gasteiger partial charge in [-0.25, -0.2) is 4.79 Å². The van der Waals surface area contributed by atoms with Crippen molar-refractivity contribution in [2.75, 3.05) is 6.61 Å². The van der Waals surface area contributed by atoms with E-state index in [0.717, 1.165) is 12.1 Å². The summed E-state index contributed by atoms with van der Waals surface area (Å²) in [5.41, 5.74) is 0. The van der Waals surface area contributed by atoms with Crippen molar-refractivity contribution in [2.45, 2.75) is 6.92 Å². The van der Waals surface area contributed by atoms with Gasteiger partial charge in [0.2, 0.25) is 0 Å². The number of Topliss-reactive ketones (excluding diaryl/α,β-unsaturated/α-hetero) is 1. The van der Waals surface area contributed by atoms with Crippen molar-refractivity contribution in [1.82, 2.24) is 0 Å². The van der Waals surface area contributed by atoms with Gasteiger partial charge in [-0.05, 0) is 13.0 Å². The molecule has 0 bridgehead atoms. The summed E-state index contributed by atoms with van der Waals surface area (Å²) in [6, 6.07) is 2.05. The number of rotatable bonds is 4. The highest BCUT2D eigenvalue weighted by Gasteiger charge is 2.24. The van der Waals surface area contributed by atoms with Crippen molar-refractivity contribution in [1.29, 1.82) is 0 Å². The minimum Gasteiger partial charge on any atom is -0.460 e. The summed E-state index contributed by atoms with van der Waals surface area (Å²) in [5.74, 6) is -3.13. The van der Waals surface area contributed by atoms with Gasteiger partial charge in [0.05, 0.1) is 12.7 Å². The van der Waals surface area contributed by atoms with Crippen molar-refractivity contribution in [3.63, 3.8) is 0 Å². The van der Waals surface area contributed by atoms with Crippen LogP contribution >= 0.6 is 0 Å². The van der Waals surface area contributed by atoms with Gasteiger partial charge in [-0.3, -0.25) is 14.9 Å². The molecule has 1 aromatic heterocycles. The van der Waals surface area contributed by atoms with Gasteiger partial charge in [0.25, 0.3) is 0 Å². The lowest BCUT2D eigenvalue weighted by Crippen LogP contribution is -2.16. The van der Waals surface area contributed by atoms with Crippen LogP contribution in [0.2, 0.25) is 0 Å². The lowest BCUT2D eigenvalue weighted by atomic mass is 10.3. The number of ether oxygens (including phenoxy) is 1. The van der Waals surface area contributed by atoms with Gasteiger partial charge in [0.1, 0.15) is 4.92 Å². The number of nitro groups is 1. The van der Waals surface area contributed by atoms with E-state index in [1.807, 2.05) is 0 Å². The van der Waals surface area contributed by atoms with Crippen molar-refractivity contribution < 1.29 is 23.7 Å². The van der Waals surface area contributed by atoms with Gasteiger partial charge in [0.15, 0.2) is 5.76 Å². The van der Waals surface area contributed by atoms with Crippen LogP contribution in [0.3, 0.4) is 0 Å². The molecule has 0 atom stereocenters. The molecule has 0 saturated carbocycles. The molecule has 15 heavy (non-hydrogen) atoms. The quantitative estimate of drug-likeness (QED) is 0.242. The number of furan rings is 1. The fraction of sp³-hybridized carbons (Fsp3) is 0.250. The zero-order chi connectivity index (χ0) is 11.4. The Hall–Kier alpha value is -2.18. The molecule has 0 aliphatic carbocycles. The topological polar surface area (TPSA) is 99.7 Å². The largest absolute Gasteiger partial charge is 0.460 e. The minimum atomic E-state index is -1.10. The molecule has 0 aromatic carbocycles. The van der Waals surface area contributed by atoms with Crippen molar-refractivity contribution >= 4 is 17.6 Å². The first-order chi connectivity index (χ1) is 7.06. The van der Waals surface area contributed by atoms with Crippen molar-refractivity contribution in [3.05, 3.63) is 28.0 Å². The summed E-state index contributed by atoms with van der Waals surface area (Å²) in [5, 5.41) is 10.2. The highest BCUT2D eigenvalue weighted by molar-refractivity contribution is 6.39. The van der Waals surface area contributed by atoms with Gasteiger partial charge in [-0.1, -0.05) is 0 Å². The number of esters is 1. The smallest absolute Gasteiger partial charge is 0.433 e. The number of carbonyl (C=O) groups is 2. The average Bonchev–Trinajstić information content (AvgIpc) is 2.65. The predicted octanol–water partition coefficient (Wildman–Crippen LogP) is 0.934. The number of ketones is 1. The molecule has 0 N–H and O–H groups in total. The highest BCUT2D eigenvalue weighted by atomic mass is 16.6. The second-order valence-electron chi connectivity index (χ2n) is 2.44.